The van der Waals surface area contributed by atoms with Gasteiger partial charge in [-0.1, -0.05) is 20.8 Å². The van der Waals surface area contributed by atoms with Crippen LogP contribution in [0.1, 0.15) is 51.9 Å². The second kappa shape index (κ2) is 7.31. The molecule has 1 atom stereocenters. The smallest absolute Gasteiger partial charge is 0.134 e. The minimum Gasteiger partial charge on any atom is -0.370 e. The van der Waals surface area contributed by atoms with Crippen LogP contribution in [0.25, 0.3) is 0 Å². The van der Waals surface area contributed by atoms with Gasteiger partial charge in [-0.15, -0.1) is 0 Å². The van der Waals surface area contributed by atoms with Crippen LogP contribution in [0.4, 0.5) is 11.6 Å². The topological polar surface area (TPSA) is 49.8 Å². The van der Waals surface area contributed by atoms with Gasteiger partial charge >= 0.3 is 0 Å². The zero-order valence-electron chi connectivity index (χ0n) is 13.2. The van der Waals surface area contributed by atoms with Gasteiger partial charge in [-0.05, 0) is 39.5 Å². The highest BCUT2D eigenvalue weighted by Gasteiger charge is 2.12. The van der Waals surface area contributed by atoms with Crippen molar-refractivity contribution >= 4 is 11.6 Å². The fraction of sp³-hybridized carbons (Fsp3) is 0.733. The third-order valence-corrected chi connectivity index (χ3v) is 3.01. The highest BCUT2D eigenvalue weighted by atomic mass is 15.1. The van der Waals surface area contributed by atoms with Crippen molar-refractivity contribution in [3.05, 3.63) is 11.4 Å². The van der Waals surface area contributed by atoms with Crippen molar-refractivity contribution in [3.63, 3.8) is 0 Å². The lowest BCUT2D eigenvalue weighted by atomic mass is 10.1. The van der Waals surface area contributed by atoms with Gasteiger partial charge in [-0.3, -0.25) is 0 Å². The SMILES string of the molecule is CCCNc1nc(C)nc(NC(C)CC(C)C)c1C. The first-order chi connectivity index (χ1) is 8.93. The molecule has 108 valence electrons. The molecule has 1 unspecified atom stereocenters. The molecule has 0 bridgehead atoms. The summed E-state index contributed by atoms with van der Waals surface area (Å²) in [6.07, 6.45) is 2.23. The molecule has 0 aliphatic carbocycles. The first-order valence-electron chi connectivity index (χ1n) is 7.29. The van der Waals surface area contributed by atoms with Gasteiger partial charge < -0.3 is 10.6 Å². The van der Waals surface area contributed by atoms with Gasteiger partial charge in [0.05, 0.1) is 0 Å². The molecule has 0 fully saturated rings. The molecule has 4 heteroatoms. The molecule has 0 saturated heterocycles. The predicted octanol–water partition coefficient (Wildman–Crippen LogP) is 3.76. The average molecular weight is 264 g/mol. The van der Waals surface area contributed by atoms with E-state index >= 15 is 0 Å². The normalized spacial score (nSPS) is 12.6. The summed E-state index contributed by atoms with van der Waals surface area (Å²) in [5.41, 5.74) is 1.11. The van der Waals surface area contributed by atoms with E-state index < -0.39 is 0 Å². The molecule has 0 aliphatic rings. The molecule has 1 aromatic rings. The Morgan fingerprint density at radius 3 is 2.26 bits per heavy atom. The standard InChI is InChI=1S/C15H28N4/c1-7-8-16-14-12(5)15(19-13(6)18-14)17-11(4)9-10(2)3/h10-11H,7-9H2,1-6H3,(H2,16,17,18,19). The Hall–Kier alpha value is -1.32. The van der Waals surface area contributed by atoms with Gasteiger partial charge in [0.1, 0.15) is 17.5 Å². The first-order valence-corrected chi connectivity index (χ1v) is 7.29. The minimum atomic E-state index is 0.423. The van der Waals surface area contributed by atoms with Crippen LogP contribution in [0.15, 0.2) is 0 Å². The number of hydrogen-bond donors (Lipinski definition) is 2. The van der Waals surface area contributed by atoms with Crippen molar-refractivity contribution in [2.75, 3.05) is 17.2 Å². The number of aryl methyl sites for hydroxylation is 1. The summed E-state index contributed by atoms with van der Waals surface area (Å²) in [6.45, 7) is 13.8. The van der Waals surface area contributed by atoms with E-state index in [9.17, 15) is 0 Å². The molecular weight excluding hydrogens is 236 g/mol. The summed E-state index contributed by atoms with van der Waals surface area (Å²) >= 11 is 0. The summed E-state index contributed by atoms with van der Waals surface area (Å²) < 4.78 is 0. The Labute approximate surface area is 117 Å². The lowest BCUT2D eigenvalue weighted by Gasteiger charge is -2.19. The summed E-state index contributed by atoms with van der Waals surface area (Å²) in [6, 6.07) is 0.423. The maximum Gasteiger partial charge on any atom is 0.134 e. The first kappa shape index (κ1) is 15.7. The molecule has 0 radical (unpaired) electrons. The monoisotopic (exact) mass is 264 g/mol. The van der Waals surface area contributed by atoms with Gasteiger partial charge in [-0.2, -0.15) is 0 Å². The predicted molar refractivity (Wildman–Crippen MR) is 82.8 cm³/mol. The van der Waals surface area contributed by atoms with Crippen LogP contribution in [-0.4, -0.2) is 22.6 Å². The van der Waals surface area contributed by atoms with Crippen LogP contribution in [-0.2, 0) is 0 Å². The van der Waals surface area contributed by atoms with E-state index in [1.807, 2.05) is 6.92 Å². The van der Waals surface area contributed by atoms with Crippen molar-refractivity contribution in [2.24, 2.45) is 5.92 Å². The maximum absolute atomic E-state index is 4.53. The molecule has 0 saturated carbocycles. The van der Waals surface area contributed by atoms with Gasteiger partial charge in [0.2, 0.25) is 0 Å². The third kappa shape index (κ3) is 5.05. The number of aromatic nitrogens is 2. The number of hydrogen-bond acceptors (Lipinski definition) is 4. The van der Waals surface area contributed by atoms with E-state index in [0.29, 0.717) is 12.0 Å². The molecule has 1 rings (SSSR count). The molecule has 2 N–H and O–H groups in total. The minimum absolute atomic E-state index is 0.423. The van der Waals surface area contributed by atoms with Crippen molar-refractivity contribution < 1.29 is 0 Å². The number of anilines is 2. The molecule has 19 heavy (non-hydrogen) atoms. The molecule has 0 amide bonds. The van der Waals surface area contributed by atoms with Crippen molar-refractivity contribution in [2.45, 2.75) is 60.4 Å². The average Bonchev–Trinajstić information content (AvgIpc) is 2.30. The zero-order valence-corrected chi connectivity index (χ0v) is 13.2. The highest BCUT2D eigenvalue weighted by molar-refractivity contribution is 5.57. The Morgan fingerprint density at radius 2 is 1.68 bits per heavy atom. The van der Waals surface area contributed by atoms with Crippen LogP contribution >= 0.6 is 0 Å². The van der Waals surface area contributed by atoms with Gasteiger partial charge in [0.25, 0.3) is 0 Å². The van der Waals surface area contributed by atoms with E-state index in [2.05, 4.69) is 55.2 Å². The Bertz CT molecular complexity index is 401. The summed E-state index contributed by atoms with van der Waals surface area (Å²) in [4.78, 5) is 9.00. The summed E-state index contributed by atoms with van der Waals surface area (Å²) in [5, 5.41) is 6.87. The zero-order chi connectivity index (χ0) is 14.4. The number of rotatable bonds is 7. The molecular formula is C15H28N4. The quantitative estimate of drug-likeness (QED) is 0.787. The molecule has 0 spiro atoms. The second-order valence-corrected chi connectivity index (χ2v) is 5.69. The van der Waals surface area contributed by atoms with E-state index in [1.54, 1.807) is 0 Å². The van der Waals surface area contributed by atoms with Crippen LogP contribution in [0, 0.1) is 19.8 Å². The van der Waals surface area contributed by atoms with Gasteiger partial charge in [0.15, 0.2) is 0 Å². The highest BCUT2D eigenvalue weighted by Crippen LogP contribution is 2.21. The Morgan fingerprint density at radius 1 is 1.05 bits per heavy atom. The van der Waals surface area contributed by atoms with Crippen molar-refractivity contribution in [1.82, 2.24) is 9.97 Å². The summed E-state index contributed by atoms with van der Waals surface area (Å²) in [5.74, 6) is 3.40. The number of nitrogens with one attached hydrogen (secondary N) is 2. The summed E-state index contributed by atoms with van der Waals surface area (Å²) in [7, 11) is 0. The Kier molecular flexibility index (Phi) is 6.06. The van der Waals surface area contributed by atoms with Crippen molar-refractivity contribution in [3.8, 4) is 0 Å². The molecule has 0 aromatic carbocycles. The van der Waals surface area contributed by atoms with Gasteiger partial charge in [-0.25, -0.2) is 9.97 Å². The molecule has 4 nitrogen and oxygen atoms in total. The van der Waals surface area contributed by atoms with E-state index in [4.69, 9.17) is 0 Å². The largest absolute Gasteiger partial charge is 0.370 e. The fourth-order valence-corrected chi connectivity index (χ4v) is 2.18. The number of nitrogens with zero attached hydrogens (tertiary/aromatic N) is 2. The lowest BCUT2D eigenvalue weighted by molar-refractivity contribution is 0.538. The molecule has 0 aliphatic heterocycles. The third-order valence-electron chi connectivity index (χ3n) is 3.01. The van der Waals surface area contributed by atoms with Crippen LogP contribution < -0.4 is 10.6 Å². The van der Waals surface area contributed by atoms with Crippen LogP contribution in [0.5, 0.6) is 0 Å². The van der Waals surface area contributed by atoms with E-state index in [1.165, 1.54) is 0 Å². The Balaban J connectivity index is 2.85. The molecule has 1 aromatic heterocycles. The van der Waals surface area contributed by atoms with E-state index in [-0.39, 0.29) is 0 Å². The lowest BCUT2D eigenvalue weighted by Crippen LogP contribution is -2.20. The second-order valence-electron chi connectivity index (χ2n) is 5.69. The maximum atomic E-state index is 4.53. The van der Waals surface area contributed by atoms with Crippen molar-refractivity contribution in [1.29, 1.82) is 0 Å². The van der Waals surface area contributed by atoms with Crippen LogP contribution in [0.2, 0.25) is 0 Å². The van der Waals surface area contributed by atoms with Crippen LogP contribution in [0.3, 0.4) is 0 Å². The van der Waals surface area contributed by atoms with Gasteiger partial charge in [0, 0.05) is 18.2 Å². The fourth-order valence-electron chi connectivity index (χ4n) is 2.18. The molecule has 1 heterocycles. The van der Waals surface area contributed by atoms with E-state index in [0.717, 1.165) is 42.4 Å².